The van der Waals surface area contributed by atoms with Crippen molar-refractivity contribution in [1.82, 2.24) is 10.3 Å². The first-order valence-electron chi connectivity index (χ1n) is 6.76. The fraction of sp³-hybridized carbons (Fsp3) is 0.333. The Bertz CT molecular complexity index is 690. The maximum Gasteiger partial charge on any atom is 0.263 e. The summed E-state index contributed by atoms with van der Waals surface area (Å²) in [7, 11) is 0. The third-order valence-electron chi connectivity index (χ3n) is 3.65. The summed E-state index contributed by atoms with van der Waals surface area (Å²) in [4.78, 5) is 18.1. The number of pyridine rings is 1. The van der Waals surface area contributed by atoms with Crippen LogP contribution in [0.15, 0.2) is 24.4 Å². The van der Waals surface area contributed by atoms with E-state index in [0.717, 1.165) is 35.0 Å². The second-order valence-corrected chi connectivity index (χ2v) is 6.11. The number of carbonyl (C=O) groups excluding carboxylic acids is 1. The van der Waals surface area contributed by atoms with Gasteiger partial charge in [0.25, 0.3) is 5.91 Å². The Kier molecular flexibility index (Phi) is 3.44. The summed E-state index contributed by atoms with van der Waals surface area (Å²) in [5, 5.41) is 3.98. The quantitative estimate of drug-likeness (QED) is 0.834. The average Bonchev–Trinajstić information content (AvgIpc) is 2.79. The largest absolute Gasteiger partial charge is 0.397 e. The van der Waals surface area contributed by atoms with Gasteiger partial charge in [0, 0.05) is 17.6 Å². The molecule has 5 heteroatoms. The van der Waals surface area contributed by atoms with Gasteiger partial charge in [-0.25, -0.2) is 4.98 Å². The lowest BCUT2D eigenvalue weighted by Gasteiger charge is -2.18. The van der Waals surface area contributed by atoms with Gasteiger partial charge < -0.3 is 11.1 Å². The second-order valence-electron chi connectivity index (χ2n) is 5.11. The molecule has 1 amide bonds. The lowest BCUT2D eigenvalue weighted by Crippen LogP contribution is -2.35. The molecule has 0 radical (unpaired) electrons. The van der Waals surface area contributed by atoms with Crippen LogP contribution in [0.1, 0.15) is 34.5 Å². The molecule has 0 saturated heterocycles. The zero-order valence-corrected chi connectivity index (χ0v) is 12.2. The third kappa shape index (κ3) is 2.29. The number of aromatic nitrogens is 1. The van der Waals surface area contributed by atoms with Crippen molar-refractivity contribution in [2.75, 3.05) is 5.73 Å². The van der Waals surface area contributed by atoms with Crippen LogP contribution in [0.5, 0.6) is 0 Å². The van der Waals surface area contributed by atoms with E-state index in [1.807, 2.05) is 13.0 Å². The van der Waals surface area contributed by atoms with E-state index in [-0.39, 0.29) is 11.9 Å². The van der Waals surface area contributed by atoms with Gasteiger partial charge in [-0.15, -0.1) is 11.3 Å². The molecule has 0 fully saturated rings. The molecule has 1 aliphatic carbocycles. The van der Waals surface area contributed by atoms with E-state index in [4.69, 9.17) is 5.73 Å². The summed E-state index contributed by atoms with van der Waals surface area (Å²) < 4.78 is 0. The number of aryl methyl sites for hydroxylation is 1. The summed E-state index contributed by atoms with van der Waals surface area (Å²) in [5.41, 5.74) is 7.76. The second kappa shape index (κ2) is 5.25. The van der Waals surface area contributed by atoms with Crippen molar-refractivity contribution in [1.29, 1.82) is 0 Å². The summed E-state index contributed by atoms with van der Waals surface area (Å²) in [5.74, 6) is -0.0785. The molecule has 0 spiro atoms. The molecule has 0 bridgehead atoms. The number of allylic oxidation sites excluding steroid dienone is 1. The minimum atomic E-state index is -0.0785. The van der Waals surface area contributed by atoms with Gasteiger partial charge >= 0.3 is 0 Å². The van der Waals surface area contributed by atoms with E-state index >= 15 is 0 Å². The molecule has 0 aliphatic heterocycles. The van der Waals surface area contributed by atoms with Gasteiger partial charge in [0.05, 0.1) is 5.69 Å². The standard InChI is InChI=1S/C15H17N3OS/c1-9-7-8-17-15-11(9)12(16)13(20-15)14(19)18-10-5-3-2-4-6-10/h2-3,7-8,10H,4-6,16H2,1H3,(H,18,19). The maximum absolute atomic E-state index is 12.4. The molecule has 2 aromatic heterocycles. The molecule has 3 rings (SSSR count). The molecular weight excluding hydrogens is 270 g/mol. The Morgan fingerprint density at radius 1 is 1.50 bits per heavy atom. The van der Waals surface area contributed by atoms with Crippen LogP contribution in [-0.4, -0.2) is 16.9 Å². The lowest BCUT2D eigenvalue weighted by molar-refractivity contribution is 0.0939. The van der Waals surface area contributed by atoms with Crippen LogP contribution < -0.4 is 11.1 Å². The van der Waals surface area contributed by atoms with E-state index in [2.05, 4.69) is 22.5 Å². The number of nitrogens with two attached hydrogens (primary N) is 1. The molecule has 1 atom stereocenters. The first kappa shape index (κ1) is 13.1. The molecule has 1 aliphatic rings. The van der Waals surface area contributed by atoms with Crippen LogP contribution in [0.4, 0.5) is 5.69 Å². The molecule has 3 N–H and O–H groups in total. The Morgan fingerprint density at radius 2 is 2.35 bits per heavy atom. The molecule has 2 heterocycles. The van der Waals surface area contributed by atoms with Crippen molar-refractivity contribution >= 4 is 33.1 Å². The highest BCUT2D eigenvalue weighted by Crippen LogP contribution is 2.34. The van der Waals surface area contributed by atoms with Gasteiger partial charge in [-0.2, -0.15) is 0 Å². The highest BCUT2D eigenvalue weighted by atomic mass is 32.1. The van der Waals surface area contributed by atoms with Gasteiger partial charge in [-0.1, -0.05) is 12.2 Å². The van der Waals surface area contributed by atoms with Crippen LogP contribution in [0, 0.1) is 6.92 Å². The predicted octanol–water partition coefficient (Wildman–Crippen LogP) is 3.03. The minimum absolute atomic E-state index is 0.0785. The van der Waals surface area contributed by atoms with Gasteiger partial charge in [0.1, 0.15) is 9.71 Å². The Balaban J connectivity index is 1.90. The number of nitrogen functional groups attached to an aromatic ring is 1. The fourth-order valence-corrected chi connectivity index (χ4v) is 3.59. The number of nitrogens with zero attached hydrogens (tertiary/aromatic N) is 1. The first-order chi connectivity index (χ1) is 9.66. The molecule has 1 unspecified atom stereocenters. The Labute approximate surface area is 121 Å². The van der Waals surface area contributed by atoms with Crippen molar-refractivity contribution in [2.45, 2.75) is 32.2 Å². The summed E-state index contributed by atoms with van der Waals surface area (Å²) >= 11 is 1.37. The molecule has 20 heavy (non-hydrogen) atoms. The van der Waals surface area contributed by atoms with Gasteiger partial charge in [0.15, 0.2) is 0 Å². The third-order valence-corrected chi connectivity index (χ3v) is 4.76. The monoisotopic (exact) mass is 287 g/mol. The van der Waals surface area contributed by atoms with E-state index in [0.29, 0.717) is 10.6 Å². The van der Waals surface area contributed by atoms with E-state index < -0.39 is 0 Å². The smallest absolute Gasteiger partial charge is 0.263 e. The van der Waals surface area contributed by atoms with Crippen molar-refractivity contribution in [3.63, 3.8) is 0 Å². The van der Waals surface area contributed by atoms with Gasteiger partial charge in [-0.05, 0) is 37.8 Å². The van der Waals surface area contributed by atoms with Crippen molar-refractivity contribution in [3.05, 3.63) is 34.9 Å². The van der Waals surface area contributed by atoms with Gasteiger partial charge in [0.2, 0.25) is 0 Å². The number of nitrogens with one attached hydrogen (secondary N) is 1. The van der Waals surface area contributed by atoms with E-state index in [1.54, 1.807) is 6.20 Å². The van der Waals surface area contributed by atoms with Crippen LogP contribution >= 0.6 is 11.3 Å². The minimum Gasteiger partial charge on any atom is -0.397 e. The zero-order chi connectivity index (χ0) is 14.1. The zero-order valence-electron chi connectivity index (χ0n) is 11.3. The van der Waals surface area contributed by atoms with E-state index in [1.165, 1.54) is 11.3 Å². The maximum atomic E-state index is 12.4. The van der Waals surface area contributed by atoms with Crippen molar-refractivity contribution < 1.29 is 4.79 Å². The highest BCUT2D eigenvalue weighted by molar-refractivity contribution is 7.21. The van der Waals surface area contributed by atoms with Crippen LogP contribution in [-0.2, 0) is 0 Å². The Hall–Kier alpha value is -1.88. The number of hydrogen-bond acceptors (Lipinski definition) is 4. The first-order valence-corrected chi connectivity index (χ1v) is 7.58. The number of thiophene rings is 1. The highest BCUT2D eigenvalue weighted by Gasteiger charge is 2.21. The van der Waals surface area contributed by atoms with E-state index in [9.17, 15) is 4.79 Å². The SMILES string of the molecule is Cc1ccnc2sc(C(=O)NC3CC=CCC3)c(N)c12. The molecule has 2 aromatic rings. The number of amides is 1. The van der Waals surface area contributed by atoms with Crippen molar-refractivity contribution in [3.8, 4) is 0 Å². The summed E-state index contributed by atoms with van der Waals surface area (Å²) in [6, 6.07) is 2.13. The number of hydrogen-bond donors (Lipinski definition) is 2. The summed E-state index contributed by atoms with van der Waals surface area (Å²) in [6.45, 7) is 1.99. The fourth-order valence-electron chi connectivity index (χ4n) is 2.55. The Morgan fingerprint density at radius 3 is 3.05 bits per heavy atom. The van der Waals surface area contributed by atoms with Gasteiger partial charge in [-0.3, -0.25) is 4.79 Å². The molecular formula is C15H17N3OS. The predicted molar refractivity (Wildman–Crippen MR) is 83.0 cm³/mol. The topological polar surface area (TPSA) is 68.0 Å². The lowest BCUT2D eigenvalue weighted by atomic mass is 10.0. The molecule has 4 nitrogen and oxygen atoms in total. The average molecular weight is 287 g/mol. The normalized spacial score (nSPS) is 18.4. The summed E-state index contributed by atoms with van der Waals surface area (Å²) in [6.07, 6.45) is 8.94. The van der Waals surface area contributed by atoms with Crippen LogP contribution in [0.25, 0.3) is 10.2 Å². The molecule has 104 valence electrons. The van der Waals surface area contributed by atoms with Crippen LogP contribution in [0.2, 0.25) is 0 Å². The number of fused-ring (bicyclic) bond motifs is 1. The molecule has 0 aromatic carbocycles. The number of anilines is 1. The number of rotatable bonds is 2. The van der Waals surface area contributed by atoms with Crippen molar-refractivity contribution in [2.24, 2.45) is 0 Å². The number of carbonyl (C=O) groups is 1. The van der Waals surface area contributed by atoms with Crippen LogP contribution in [0.3, 0.4) is 0 Å². The molecule has 0 saturated carbocycles.